The molecule has 0 bridgehead atoms. The molecule has 2 unspecified atom stereocenters. The van der Waals surface area contributed by atoms with Crippen LogP contribution in [0.3, 0.4) is 0 Å². The van der Waals surface area contributed by atoms with Crippen LogP contribution in [0.25, 0.3) is 0 Å². The quantitative estimate of drug-likeness (QED) is 0.601. The third-order valence-corrected chi connectivity index (χ3v) is 7.32. The molecule has 2 aromatic rings. The lowest BCUT2D eigenvalue weighted by molar-refractivity contribution is 0.0916. The first kappa shape index (κ1) is 22.8. The summed E-state index contributed by atoms with van der Waals surface area (Å²) in [5, 5.41) is 21.8. The highest BCUT2D eigenvalue weighted by Gasteiger charge is 2.29. The molecule has 166 valence electrons. The fourth-order valence-electron chi connectivity index (χ4n) is 3.75. The monoisotopic (exact) mass is 446 g/mol. The molecule has 0 spiro atoms. The Morgan fingerprint density at radius 2 is 1.77 bits per heavy atom. The number of benzene rings is 2. The molecule has 9 heteroatoms. The van der Waals surface area contributed by atoms with E-state index in [1.165, 1.54) is 17.0 Å². The van der Waals surface area contributed by atoms with E-state index >= 15 is 0 Å². The first-order chi connectivity index (χ1) is 14.8. The molecular formula is C22H26N2O6S. The molecule has 3 rings (SSSR count). The van der Waals surface area contributed by atoms with Crippen LogP contribution in [0.15, 0.2) is 53.4 Å². The van der Waals surface area contributed by atoms with E-state index in [1.807, 2.05) is 0 Å². The molecule has 8 nitrogen and oxygen atoms in total. The molecule has 1 aliphatic rings. The molecule has 3 N–H and O–H groups in total. The average molecular weight is 447 g/mol. The van der Waals surface area contributed by atoms with E-state index in [0.29, 0.717) is 17.7 Å². The maximum atomic E-state index is 12.6. The summed E-state index contributed by atoms with van der Waals surface area (Å²) in [7, 11) is -3.32. The van der Waals surface area contributed by atoms with Gasteiger partial charge in [0.1, 0.15) is 0 Å². The third kappa shape index (κ3) is 5.05. The Morgan fingerprint density at radius 3 is 2.32 bits per heavy atom. The van der Waals surface area contributed by atoms with Gasteiger partial charge in [-0.1, -0.05) is 31.2 Å². The van der Waals surface area contributed by atoms with E-state index in [0.717, 1.165) is 18.4 Å². The van der Waals surface area contributed by atoms with Crippen LogP contribution in [0.4, 0.5) is 4.79 Å². The van der Waals surface area contributed by atoms with Crippen LogP contribution < -0.4 is 5.32 Å². The topological polar surface area (TPSA) is 124 Å². The Morgan fingerprint density at radius 1 is 1.13 bits per heavy atom. The van der Waals surface area contributed by atoms with Crippen molar-refractivity contribution in [2.75, 3.05) is 18.9 Å². The summed E-state index contributed by atoms with van der Waals surface area (Å²) in [6.45, 7) is 1.72. The van der Waals surface area contributed by atoms with Crippen LogP contribution in [0.5, 0.6) is 0 Å². The van der Waals surface area contributed by atoms with Gasteiger partial charge in [0.25, 0.3) is 5.91 Å². The van der Waals surface area contributed by atoms with Crippen LogP contribution in [-0.2, 0) is 9.84 Å². The van der Waals surface area contributed by atoms with Gasteiger partial charge in [0.05, 0.1) is 29.3 Å². The summed E-state index contributed by atoms with van der Waals surface area (Å²) in [5.41, 5.74) is 1.81. The maximum Gasteiger partial charge on any atom is 0.407 e. The summed E-state index contributed by atoms with van der Waals surface area (Å²) < 4.78 is 23.9. The number of hydrogen-bond donors (Lipinski definition) is 3. The zero-order valence-electron chi connectivity index (χ0n) is 17.2. The highest BCUT2D eigenvalue weighted by molar-refractivity contribution is 7.91. The molecule has 1 saturated heterocycles. The van der Waals surface area contributed by atoms with Crippen molar-refractivity contribution in [2.24, 2.45) is 0 Å². The van der Waals surface area contributed by atoms with Crippen molar-refractivity contribution < 1.29 is 28.2 Å². The van der Waals surface area contributed by atoms with Gasteiger partial charge in [-0.25, -0.2) is 13.2 Å². The van der Waals surface area contributed by atoms with Crippen LogP contribution >= 0.6 is 0 Å². The van der Waals surface area contributed by atoms with Gasteiger partial charge in [0.15, 0.2) is 9.84 Å². The highest BCUT2D eigenvalue weighted by Crippen LogP contribution is 2.32. The van der Waals surface area contributed by atoms with Gasteiger partial charge in [-0.05, 0) is 48.2 Å². The lowest BCUT2D eigenvalue weighted by Gasteiger charge is -2.22. The minimum absolute atomic E-state index is 0.00636. The second-order valence-corrected chi connectivity index (χ2v) is 9.72. The number of sulfone groups is 1. The van der Waals surface area contributed by atoms with Crippen molar-refractivity contribution in [3.8, 4) is 0 Å². The zero-order valence-corrected chi connectivity index (χ0v) is 18.0. The Kier molecular flexibility index (Phi) is 6.97. The van der Waals surface area contributed by atoms with Crippen molar-refractivity contribution in [3.05, 3.63) is 65.2 Å². The predicted molar refractivity (Wildman–Crippen MR) is 115 cm³/mol. The lowest BCUT2D eigenvalue weighted by Crippen LogP contribution is -2.31. The molecule has 1 aliphatic heterocycles. The molecular weight excluding hydrogens is 420 g/mol. The van der Waals surface area contributed by atoms with Crippen molar-refractivity contribution in [3.63, 3.8) is 0 Å². The van der Waals surface area contributed by atoms with E-state index in [2.05, 4.69) is 5.32 Å². The number of hydrogen-bond acceptors (Lipinski definition) is 5. The van der Waals surface area contributed by atoms with E-state index in [1.54, 1.807) is 43.3 Å². The number of rotatable bonds is 7. The largest absolute Gasteiger partial charge is 0.465 e. The summed E-state index contributed by atoms with van der Waals surface area (Å²) >= 11 is 0. The van der Waals surface area contributed by atoms with Gasteiger partial charge in [-0.3, -0.25) is 4.79 Å². The normalized spacial score (nSPS) is 17.4. The van der Waals surface area contributed by atoms with Crippen molar-refractivity contribution in [2.45, 2.75) is 36.7 Å². The molecule has 0 aliphatic carbocycles. The van der Waals surface area contributed by atoms with Gasteiger partial charge in [-0.15, -0.1) is 0 Å². The van der Waals surface area contributed by atoms with E-state index in [9.17, 15) is 28.2 Å². The van der Waals surface area contributed by atoms with Crippen molar-refractivity contribution in [1.82, 2.24) is 10.2 Å². The highest BCUT2D eigenvalue weighted by atomic mass is 32.2. The zero-order chi connectivity index (χ0) is 22.6. The summed E-state index contributed by atoms with van der Waals surface area (Å²) in [6, 6.07) is 11.9. The van der Waals surface area contributed by atoms with Gasteiger partial charge in [0, 0.05) is 12.1 Å². The standard InChI is InChI=1S/C22H26N2O6S/c1-2-31(29,30)18-11-9-15(10-12-18)19(14-25)23-21(26)17-7-5-16(6-8-17)20-4-3-13-24(20)22(27)28/h5-12,19-20,25H,2-4,13-14H2,1H3,(H,23,26)(H,27,28). The Labute approximate surface area is 181 Å². The molecule has 0 radical (unpaired) electrons. The molecule has 0 saturated carbocycles. The van der Waals surface area contributed by atoms with Crippen LogP contribution in [0.1, 0.15) is 53.3 Å². The molecule has 1 heterocycles. The lowest BCUT2D eigenvalue weighted by atomic mass is 10.0. The van der Waals surface area contributed by atoms with Gasteiger partial charge in [0.2, 0.25) is 0 Å². The van der Waals surface area contributed by atoms with E-state index in [4.69, 9.17) is 0 Å². The number of likely N-dealkylation sites (tertiary alicyclic amines) is 1. The number of amides is 2. The average Bonchev–Trinajstić information content (AvgIpc) is 3.28. The Balaban J connectivity index is 1.70. The molecule has 2 aromatic carbocycles. The van der Waals surface area contributed by atoms with E-state index < -0.39 is 27.9 Å². The molecule has 1 fully saturated rings. The van der Waals surface area contributed by atoms with Gasteiger partial charge in [-0.2, -0.15) is 0 Å². The first-order valence-electron chi connectivity index (χ1n) is 10.1. The number of aliphatic hydroxyl groups is 1. The van der Waals surface area contributed by atoms with Gasteiger partial charge < -0.3 is 20.4 Å². The minimum Gasteiger partial charge on any atom is -0.465 e. The molecule has 31 heavy (non-hydrogen) atoms. The Hall–Kier alpha value is -2.91. The van der Waals surface area contributed by atoms with Gasteiger partial charge >= 0.3 is 6.09 Å². The fourth-order valence-corrected chi connectivity index (χ4v) is 4.63. The minimum atomic E-state index is -3.32. The number of nitrogens with one attached hydrogen (secondary N) is 1. The van der Waals surface area contributed by atoms with Crippen LogP contribution in [0, 0.1) is 0 Å². The third-order valence-electron chi connectivity index (χ3n) is 5.57. The number of carbonyl (C=O) groups is 2. The number of carboxylic acid groups (broad SMARTS) is 1. The molecule has 0 aromatic heterocycles. The SMILES string of the molecule is CCS(=O)(=O)c1ccc(C(CO)NC(=O)c2ccc(C3CCCN3C(=O)O)cc2)cc1. The molecule has 2 amide bonds. The second kappa shape index (κ2) is 9.49. The summed E-state index contributed by atoms with van der Waals surface area (Å²) in [4.78, 5) is 25.6. The van der Waals surface area contributed by atoms with Crippen LogP contribution in [0.2, 0.25) is 0 Å². The predicted octanol–water partition coefficient (Wildman–Crippen LogP) is 2.76. The van der Waals surface area contributed by atoms with E-state index in [-0.39, 0.29) is 23.3 Å². The number of carbonyl (C=O) groups excluding carboxylic acids is 1. The second-order valence-electron chi connectivity index (χ2n) is 7.44. The van der Waals surface area contributed by atoms with Crippen molar-refractivity contribution >= 4 is 21.8 Å². The maximum absolute atomic E-state index is 12.6. The fraction of sp³-hybridized carbons (Fsp3) is 0.364. The van der Waals surface area contributed by atoms with Crippen molar-refractivity contribution in [1.29, 1.82) is 0 Å². The number of aliphatic hydroxyl groups excluding tert-OH is 1. The van der Waals surface area contributed by atoms with Crippen LogP contribution in [-0.4, -0.2) is 54.4 Å². The summed E-state index contributed by atoms with van der Waals surface area (Å²) in [6.07, 6.45) is 0.594. The first-order valence-corrected chi connectivity index (χ1v) is 11.8. The molecule has 2 atom stereocenters. The summed E-state index contributed by atoms with van der Waals surface area (Å²) in [5.74, 6) is -0.398. The smallest absolute Gasteiger partial charge is 0.407 e. The Bertz CT molecular complexity index is 1030. The number of nitrogens with zero attached hydrogens (tertiary/aromatic N) is 1.